The number of hydrogen-bond donors (Lipinski definition) is 0. The van der Waals surface area contributed by atoms with Gasteiger partial charge in [-0.25, -0.2) is 0 Å². The van der Waals surface area contributed by atoms with Crippen LogP contribution >= 0.6 is 0 Å². The van der Waals surface area contributed by atoms with E-state index in [2.05, 4.69) is 149 Å². The molecule has 0 saturated heterocycles. The fourth-order valence-electron chi connectivity index (χ4n) is 5.30. The number of hydrogen-bond acceptors (Lipinski definition) is 1. The molecule has 0 heterocycles. The van der Waals surface area contributed by atoms with Crippen LogP contribution in [0.25, 0.3) is 0 Å². The van der Waals surface area contributed by atoms with Gasteiger partial charge in [0.2, 0.25) is 0 Å². The maximum absolute atomic E-state index is 7.32. The SMILES string of the molecule is CC(c1ccccc1)C(OC(C(C)c1ccccc1)C(C)c1ccccc1)C(C)c1ccccc1. The normalized spacial score (nSPS) is 16.6. The molecule has 0 radical (unpaired) electrons. The Hall–Kier alpha value is -3.16. The summed E-state index contributed by atoms with van der Waals surface area (Å²) in [6.07, 6.45) is 0.0595. The van der Waals surface area contributed by atoms with Crippen LogP contribution in [0.15, 0.2) is 121 Å². The lowest BCUT2D eigenvalue weighted by Crippen LogP contribution is -2.36. The van der Waals surface area contributed by atoms with E-state index in [-0.39, 0.29) is 35.9 Å². The first-order valence-electron chi connectivity index (χ1n) is 12.9. The Balaban J connectivity index is 1.74. The van der Waals surface area contributed by atoms with Crippen LogP contribution in [0.1, 0.15) is 73.6 Å². The maximum Gasteiger partial charge on any atom is 0.0711 e. The molecule has 0 bridgehead atoms. The van der Waals surface area contributed by atoms with Crippen molar-refractivity contribution in [3.05, 3.63) is 144 Å². The first-order chi connectivity index (χ1) is 17.1. The molecule has 0 aliphatic rings. The third kappa shape index (κ3) is 6.10. The van der Waals surface area contributed by atoms with Gasteiger partial charge in [-0.2, -0.15) is 0 Å². The highest BCUT2D eigenvalue weighted by molar-refractivity contribution is 5.28. The maximum atomic E-state index is 7.32. The van der Waals surface area contributed by atoms with Crippen molar-refractivity contribution in [3.63, 3.8) is 0 Å². The monoisotopic (exact) mass is 462 g/mol. The predicted molar refractivity (Wildman–Crippen MR) is 148 cm³/mol. The van der Waals surface area contributed by atoms with Gasteiger partial charge in [0, 0.05) is 23.7 Å². The second-order valence-electron chi connectivity index (χ2n) is 9.86. The molecule has 4 rings (SSSR count). The molecule has 0 aliphatic carbocycles. The van der Waals surface area contributed by atoms with E-state index >= 15 is 0 Å². The van der Waals surface area contributed by atoms with E-state index in [1.54, 1.807) is 0 Å². The van der Waals surface area contributed by atoms with E-state index in [4.69, 9.17) is 4.74 Å². The average Bonchev–Trinajstić information content (AvgIpc) is 2.94. The summed E-state index contributed by atoms with van der Waals surface area (Å²) in [7, 11) is 0. The molecule has 0 amide bonds. The minimum atomic E-state index is 0.0297. The first kappa shape index (κ1) is 24.9. The Morgan fingerprint density at radius 2 is 0.543 bits per heavy atom. The lowest BCUT2D eigenvalue weighted by atomic mass is 9.81. The van der Waals surface area contributed by atoms with Crippen molar-refractivity contribution in [2.75, 3.05) is 0 Å². The van der Waals surface area contributed by atoms with Crippen LogP contribution in [-0.2, 0) is 4.74 Å². The van der Waals surface area contributed by atoms with Crippen LogP contribution in [0.3, 0.4) is 0 Å². The van der Waals surface area contributed by atoms with Gasteiger partial charge in [-0.15, -0.1) is 0 Å². The number of ether oxygens (including phenoxy) is 1. The number of benzene rings is 4. The zero-order chi connectivity index (χ0) is 24.6. The molecule has 0 saturated carbocycles. The van der Waals surface area contributed by atoms with Gasteiger partial charge in [-0.1, -0.05) is 149 Å². The second-order valence-corrected chi connectivity index (χ2v) is 9.86. The van der Waals surface area contributed by atoms with Crippen LogP contribution in [-0.4, -0.2) is 12.2 Å². The quantitative estimate of drug-likeness (QED) is 0.228. The Labute approximate surface area is 211 Å². The summed E-state index contributed by atoms with van der Waals surface area (Å²) in [5.74, 6) is 0.999. The highest BCUT2D eigenvalue weighted by Gasteiger charge is 2.35. The molecule has 4 aromatic rings. The molecule has 0 spiro atoms. The summed E-state index contributed by atoms with van der Waals surface area (Å²) in [5.41, 5.74) is 5.27. The van der Waals surface area contributed by atoms with E-state index < -0.39 is 0 Å². The van der Waals surface area contributed by atoms with Crippen molar-refractivity contribution in [3.8, 4) is 0 Å². The van der Waals surface area contributed by atoms with E-state index in [0.717, 1.165) is 0 Å². The standard InChI is InChI=1S/C34H38O/c1-25(29-17-9-5-10-18-29)33(26(2)30-19-11-6-12-20-30)35-34(27(3)31-21-13-7-14-22-31)28(4)32-23-15-8-16-24-32/h5-28,33-34H,1-4H3. The summed E-state index contributed by atoms with van der Waals surface area (Å²) >= 11 is 0. The third-order valence-corrected chi connectivity index (χ3v) is 7.59. The van der Waals surface area contributed by atoms with Gasteiger partial charge in [0.1, 0.15) is 0 Å². The lowest BCUT2D eigenvalue weighted by molar-refractivity contribution is -0.0557. The molecule has 0 N–H and O–H groups in total. The third-order valence-electron chi connectivity index (χ3n) is 7.59. The van der Waals surface area contributed by atoms with Crippen LogP contribution in [0.2, 0.25) is 0 Å². The summed E-state index contributed by atoms with van der Waals surface area (Å²) < 4.78 is 7.32. The summed E-state index contributed by atoms with van der Waals surface area (Å²) in [5, 5.41) is 0. The molecule has 35 heavy (non-hydrogen) atoms. The van der Waals surface area contributed by atoms with Crippen molar-refractivity contribution >= 4 is 0 Å². The number of rotatable bonds is 10. The summed E-state index contributed by atoms with van der Waals surface area (Å²) in [6.45, 7) is 9.27. The zero-order valence-electron chi connectivity index (χ0n) is 21.4. The largest absolute Gasteiger partial charge is 0.372 e. The van der Waals surface area contributed by atoms with Crippen molar-refractivity contribution in [1.82, 2.24) is 0 Å². The van der Waals surface area contributed by atoms with Gasteiger partial charge in [0.05, 0.1) is 12.2 Å². The van der Waals surface area contributed by atoms with Crippen molar-refractivity contribution in [2.24, 2.45) is 0 Å². The summed E-state index contributed by atoms with van der Waals surface area (Å²) in [4.78, 5) is 0. The van der Waals surface area contributed by atoms with Gasteiger partial charge < -0.3 is 4.74 Å². The predicted octanol–water partition coefficient (Wildman–Crippen LogP) is 8.96. The first-order valence-corrected chi connectivity index (χ1v) is 12.9. The van der Waals surface area contributed by atoms with Gasteiger partial charge in [-0.3, -0.25) is 0 Å². The molecule has 4 unspecified atom stereocenters. The highest BCUT2D eigenvalue weighted by atomic mass is 16.5. The van der Waals surface area contributed by atoms with Crippen LogP contribution < -0.4 is 0 Å². The Bertz CT molecular complexity index is 940. The molecule has 1 heteroatoms. The minimum absolute atomic E-state index is 0.0297. The Kier molecular flexibility index (Phi) is 8.55. The molecule has 4 atom stereocenters. The average molecular weight is 463 g/mol. The molecule has 180 valence electrons. The molecule has 0 aromatic heterocycles. The smallest absolute Gasteiger partial charge is 0.0711 e. The van der Waals surface area contributed by atoms with Gasteiger partial charge in [0.25, 0.3) is 0 Å². The van der Waals surface area contributed by atoms with Gasteiger partial charge >= 0.3 is 0 Å². The molecule has 1 nitrogen and oxygen atoms in total. The Morgan fingerprint density at radius 1 is 0.343 bits per heavy atom. The van der Waals surface area contributed by atoms with Crippen LogP contribution in [0, 0.1) is 0 Å². The highest BCUT2D eigenvalue weighted by Crippen LogP contribution is 2.39. The molecule has 4 aromatic carbocycles. The van der Waals surface area contributed by atoms with E-state index in [0.29, 0.717) is 0 Å². The molecular weight excluding hydrogens is 424 g/mol. The van der Waals surface area contributed by atoms with Crippen molar-refractivity contribution in [2.45, 2.75) is 63.6 Å². The van der Waals surface area contributed by atoms with E-state index in [9.17, 15) is 0 Å². The topological polar surface area (TPSA) is 9.23 Å². The zero-order valence-corrected chi connectivity index (χ0v) is 21.4. The molecule has 0 aliphatic heterocycles. The molecular formula is C34H38O. The van der Waals surface area contributed by atoms with E-state index in [1.807, 2.05) is 0 Å². The second kappa shape index (κ2) is 12.0. The van der Waals surface area contributed by atoms with Crippen molar-refractivity contribution in [1.29, 1.82) is 0 Å². The fourth-order valence-corrected chi connectivity index (χ4v) is 5.30. The van der Waals surface area contributed by atoms with Gasteiger partial charge in [0.15, 0.2) is 0 Å². The van der Waals surface area contributed by atoms with Gasteiger partial charge in [-0.05, 0) is 22.3 Å². The van der Waals surface area contributed by atoms with Crippen LogP contribution in [0.5, 0.6) is 0 Å². The summed E-state index contributed by atoms with van der Waals surface area (Å²) in [6, 6.07) is 43.3. The lowest BCUT2D eigenvalue weighted by Gasteiger charge is -2.39. The molecule has 0 fully saturated rings. The Morgan fingerprint density at radius 3 is 0.743 bits per heavy atom. The van der Waals surface area contributed by atoms with Crippen LogP contribution in [0.4, 0.5) is 0 Å². The van der Waals surface area contributed by atoms with Crippen molar-refractivity contribution < 1.29 is 4.74 Å². The van der Waals surface area contributed by atoms with E-state index in [1.165, 1.54) is 22.3 Å². The fraction of sp³-hybridized carbons (Fsp3) is 0.294. The minimum Gasteiger partial charge on any atom is -0.372 e.